The van der Waals surface area contributed by atoms with Crippen LogP contribution in [0.2, 0.25) is 0 Å². The summed E-state index contributed by atoms with van der Waals surface area (Å²) in [6, 6.07) is 8.07. The van der Waals surface area contributed by atoms with Crippen LogP contribution in [0, 0.1) is 0 Å². The zero-order valence-corrected chi connectivity index (χ0v) is 14.8. The molecule has 1 aromatic rings. The fraction of sp³-hybridized carbons (Fsp3) is 0.579. The summed E-state index contributed by atoms with van der Waals surface area (Å²) in [6.45, 7) is 4.14. The molecule has 3 N–H and O–H groups in total. The Morgan fingerprint density at radius 1 is 1.04 bits per heavy atom. The molecule has 0 spiro atoms. The number of nitrogens with zero attached hydrogens (tertiary/aromatic N) is 1. The van der Waals surface area contributed by atoms with Crippen molar-refractivity contribution in [3.8, 4) is 0 Å². The Morgan fingerprint density at radius 3 is 2.48 bits per heavy atom. The van der Waals surface area contributed by atoms with Crippen LogP contribution < -0.4 is 10.6 Å². The Hall–Kier alpha value is -2.08. The van der Waals surface area contributed by atoms with Crippen molar-refractivity contribution in [1.82, 2.24) is 15.5 Å². The van der Waals surface area contributed by atoms with Crippen molar-refractivity contribution in [2.75, 3.05) is 19.6 Å². The molecule has 0 radical (unpaired) electrons. The molecule has 0 unspecified atom stereocenters. The van der Waals surface area contributed by atoms with Crippen molar-refractivity contribution in [2.24, 2.45) is 0 Å². The van der Waals surface area contributed by atoms with Gasteiger partial charge in [0.2, 0.25) is 0 Å². The molecule has 1 heterocycles. The van der Waals surface area contributed by atoms with E-state index in [0.717, 1.165) is 12.1 Å². The maximum Gasteiger partial charge on any atom is 0.315 e. The predicted octanol–water partition coefficient (Wildman–Crippen LogP) is 2.73. The first kappa shape index (κ1) is 19.2. The third-order valence-electron chi connectivity index (χ3n) is 4.40. The van der Waals surface area contributed by atoms with Crippen LogP contribution in [-0.2, 0) is 17.9 Å². The Balaban J connectivity index is 1.73. The van der Waals surface area contributed by atoms with Crippen molar-refractivity contribution in [3.05, 3.63) is 35.4 Å². The second-order valence-corrected chi connectivity index (χ2v) is 6.62. The van der Waals surface area contributed by atoms with Gasteiger partial charge in [-0.3, -0.25) is 9.69 Å². The molecule has 138 valence electrons. The molecular weight excluding hydrogens is 318 g/mol. The SMILES string of the molecule is O=C(O)CCCNC(=O)NCc1cccc(CN2CCCCCC2)c1. The number of carboxylic acid groups (broad SMARTS) is 1. The minimum atomic E-state index is -0.844. The minimum Gasteiger partial charge on any atom is -0.481 e. The van der Waals surface area contributed by atoms with Crippen LogP contribution in [0.5, 0.6) is 0 Å². The zero-order valence-electron chi connectivity index (χ0n) is 14.8. The molecule has 6 nitrogen and oxygen atoms in total. The average Bonchev–Trinajstić information content (AvgIpc) is 2.86. The van der Waals surface area contributed by atoms with Crippen LogP contribution >= 0.6 is 0 Å². The number of carbonyl (C=O) groups is 2. The average molecular weight is 347 g/mol. The first-order chi connectivity index (χ1) is 12.1. The summed E-state index contributed by atoms with van der Waals surface area (Å²) in [5.41, 5.74) is 2.36. The van der Waals surface area contributed by atoms with E-state index in [1.54, 1.807) is 0 Å². The molecule has 1 aliphatic heterocycles. The molecule has 0 bridgehead atoms. The quantitative estimate of drug-likeness (QED) is 0.632. The van der Waals surface area contributed by atoms with Gasteiger partial charge < -0.3 is 15.7 Å². The summed E-state index contributed by atoms with van der Waals surface area (Å²) < 4.78 is 0. The van der Waals surface area contributed by atoms with Gasteiger partial charge in [-0.25, -0.2) is 4.79 Å². The van der Waals surface area contributed by atoms with Gasteiger partial charge in [0.05, 0.1) is 0 Å². The smallest absolute Gasteiger partial charge is 0.315 e. The Labute approximate surface area is 149 Å². The third-order valence-corrected chi connectivity index (χ3v) is 4.40. The predicted molar refractivity (Wildman–Crippen MR) is 97.3 cm³/mol. The summed E-state index contributed by atoms with van der Waals surface area (Å²) >= 11 is 0. The molecule has 1 fully saturated rings. The van der Waals surface area contributed by atoms with Crippen LogP contribution in [-0.4, -0.2) is 41.6 Å². The van der Waals surface area contributed by atoms with Crippen molar-refractivity contribution >= 4 is 12.0 Å². The second-order valence-electron chi connectivity index (χ2n) is 6.62. The first-order valence-electron chi connectivity index (χ1n) is 9.17. The highest BCUT2D eigenvalue weighted by Crippen LogP contribution is 2.14. The number of likely N-dealkylation sites (tertiary alicyclic amines) is 1. The number of nitrogens with one attached hydrogen (secondary N) is 2. The summed E-state index contributed by atoms with van der Waals surface area (Å²) in [4.78, 5) is 24.6. The maximum absolute atomic E-state index is 11.7. The molecule has 1 saturated heterocycles. The van der Waals surface area contributed by atoms with E-state index in [-0.39, 0.29) is 12.5 Å². The number of carboxylic acids is 1. The molecule has 1 aliphatic rings. The molecule has 25 heavy (non-hydrogen) atoms. The molecule has 1 aromatic carbocycles. The monoisotopic (exact) mass is 347 g/mol. The fourth-order valence-corrected chi connectivity index (χ4v) is 3.08. The van der Waals surface area contributed by atoms with Crippen molar-refractivity contribution in [1.29, 1.82) is 0 Å². The van der Waals surface area contributed by atoms with Gasteiger partial charge >= 0.3 is 12.0 Å². The zero-order chi connectivity index (χ0) is 17.9. The molecule has 0 aliphatic carbocycles. The molecule has 2 rings (SSSR count). The number of hydrogen-bond donors (Lipinski definition) is 3. The lowest BCUT2D eigenvalue weighted by Gasteiger charge is -2.20. The number of urea groups is 1. The highest BCUT2D eigenvalue weighted by atomic mass is 16.4. The fourth-order valence-electron chi connectivity index (χ4n) is 3.08. The van der Waals surface area contributed by atoms with Crippen molar-refractivity contribution in [3.63, 3.8) is 0 Å². The molecule has 2 amide bonds. The lowest BCUT2D eigenvalue weighted by Crippen LogP contribution is -2.35. The Bertz CT molecular complexity index is 555. The highest BCUT2D eigenvalue weighted by molar-refractivity contribution is 5.73. The summed E-state index contributed by atoms with van der Waals surface area (Å²) in [6.07, 6.45) is 5.74. The number of hydrogen-bond acceptors (Lipinski definition) is 3. The van der Waals surface area contributed by atoms with E-state index in [0.29, 0.717) is 19.5 Å². The van der Waals surface area contributed by atoms with E-state index < -0.39 is 5.97 Å². The number of aliphatic carboxylic acids is 1. The number of amides is 2. The Morgan fingerprint density at radius 2 is 1.76 bits per heavy atom. The number of rotatable bonds is 8. The molecule has 0 saturated carbocycles. The van der Waals surface area contributed by atoms with Gasteiger partial charge in [0.25, 0.3) is 0 Å². The number of benzene rings is 1. The van der Waals surface area contributed by atoms with Crippen LogP contribution in [0.15, 0.2) is 24.3 Å². The largest absolute Gasteiger partial charge is 0.481 e. The van der Waals surface area contributed by atoms with E-state index in [1.807, 2.05) is 12.1 Å². The molecule has 6 heteroatoms. The van der Waals surface area contributed by atoms with Gasteiger partial charge in [0.1, 0.15) is 0 Å². The summed E-state index contributed by atoms with van der Waals surface area (Å²) in [5, 5.41) is 14.0. The van der Waals surface area contributed by atoms with E-state index in [4.69, 9.17) is 5.11 Å². The molecular formula is C19H29N3O3. The van der Waals surface area contributed by atoms with Crippen molar-refractivity contribution in [2.45, 2.75) is 51.6 Å². The van der Waals surface area contributed by atoms with Gasteiger partial charge in [-0.05, 0) is 43.5 Å². The normalized spacial score (nSPS) is 15.4. The minimum absolute atomic E-state index is 0.0683. The van der Waals surface area contributed by atoms with E-state index in [1.165, 1.54) is 44.3 Å². The molecule has 0 atom stereocenters. The lowest BCUT2D eigenvalue weighted by atomic mass is 10.1. The molecule has 0 aromatic heterocycles. The highest BCUT2D eigenvalue weighted by Gasteiger charge is 2.09. The van der Waals surface area contributed by atoms with E-state index >= 15 is 0 Å². The van der Waals surface area contributed by atoms with E-state index in [2.05, 4.69) is 27.7 Å². The van der Waals surface area contributed by atoms with E-state index in [9.17, 15) is 9.59 Å². The van der Waals surface area contributed by atoms with Gasteiger partial charge in [0, 0.05) is 26.1 Å². The van der Waals surface area contributed by atoms with Gasteiger partial charge in [-0.2, -0.15) is 0 Å². The summed E-state index contributed by atoms with van der Waals surface area (Å²) in [5.74, 6) is -0.844. The van der Waals surface area contributed by atoms with Gasteiger partial charge in [0.15, 0.2) is 0 Å². The first-order valence-corrected chi connectivity index (χ1v) is 9.17. The standard InChI is InChI=1S/C19H29N3O3/c23-18(24)9-6-10-20-19(25)21-14-16-7-5-8-17(13-16)15-22-11-3-1-2-4-12-22/h5,7-8,13H,1-4,6,9-12,14-15H2,(H,23,24)(H2,20,21,25). The van der Waals surface area contributed by atoms with Gasteiger partial charge in [-0.1, -0.05) is 37.1 Å². The van der Waals surface area contributed by atoms with Gasteiger partial charge in [-0.15, -0.1) is 0 Å². The van der Waals surface area contributed by atoms with Crippen molar-refractivity contribution < 1.29 is 14.7 Å². The summed E-state index contributed by atoms with van der Waals surface area (Å²) in [7, 11) is 0. The van der Waals surface area contributed by atoms with Crippen LogP contribution in [0.25, 0.3) is 0 Å². The van der Waals surface area contributed by atoms with Crippen LogP contribution in [0.4, 0.5) is 4.79 Å². The Kier molecular flexibility index (Phi) is 8.25. The van der Waals surface area contributed by atoms with Crippen LogP contribution in [0.1, 0.15) is 49.7 Å². The maximum atomic E-state index is 11.7. The second kappa shape index (κ2) is 10.7. The number of carbonyl (C=O) groups excluding carboxylic acids is 1. The van der Waals surface area contributed by atoms with Crippen LogP contribution in [0.3, 0.4) is 0 Å². The topological polar surface area (TPSA) is 81.7 Å². The lowest BCUT2D eigenvalue weighted by molar-refractivity contribution is -0.137. The third kappa shape index (κ3) is 8.03.